The zero-order valence-electron chi connectivity index (χ0n) is 11.9. The summed E-state index contributed by atoms with van der Waals surface area (Å²) < 4.78 is 1.01. The highest BCUT2D eigenvalue weighted by atomic mass is 127. The number of hydrogen-bond donors (Lipinski definition) is 1. The second-order valence-electron chi connectivity index (χ2n) is 5.57. The molecule has 21 heavy (non-hydrogen) atoms. The summed E-state index contributed by atoms with van der Waals surface area (Å²) in [6.07, 6.45) is 4.96. The summed E-state index contributed by atoms with van der Waals surface area (Å²) in [5, 5.41) is 0.728. The van der Waals surface area contributed by atoms with E-state index in [0.29, 0.717) is 17.6 Å². The van der Waals surface area contributed by atoms with Crippen molar-refractivity contribution in [3.63, 3.8) is 0 Å². The fourth-order valence-corrected chi connectivity index (χ4v) is 3.86. The molecule has 1 saturated carbocycles. The molecule has 110 valence electrons. The molecular formula is C16H17ClIN3. The van der Waals surface area contributed by atoms with Gasteiger partial charge in [0.15, 0.2) is 5.82 Å². The second-order valence-corrected chi connectivity index (χ2v) is 7.09. The summed E-state index contributed by atoms with van der Waals surface area (Å²) in [6, 6.07) is 5.78. The molecule has 1 fully saturated rings. The molecule has 1 aliphatic carbocycles. The Bertz CT molecular complexity index is 681. The van der Waals surface area contributed by atoms with Gasteiger partial charge in [-0.1, -0.05) is 24.4 Å². The SMILES string of the molecule is Cc1cc(Cl)ccc1-c1nc(N)c(I)c(C2CCCC2)n1. The van der Waals surface area contributed by atoms with Crippen molar-refractivity contribution in [1.82, 2.24) is 9.97 Å². The van der Waals surface area contributed by atoms with Gasteiger partial charge in [-0.3, -0.25) is 0 Å². The second kappa shape index (κ2) is 6.08. The fourth-order valence-electron chi connectivity index (χ4n) is 2.95. The summed E-state index contributed by atoms with van der Waals surface area (Å²) in [6.45, 7) is 2.02. The van der Waals surface area contributed by atoms with Gasteiger partial charge in [0.1, 0.15) is 5.82 Å². The van der Waals surface area contributed by atoms with Gasteiger partial charge in [0, 0.05) is 16.5 Å². The Morgan fingerprint density at radius 2 is 1.95 bits per heavy atom. The Labute approximate surface area is 143 Å². The fraction of sp³-hybridized carbons (Fsp3) is 0.375. The minimum Gasteiger partial charge on any atom is -0.383 e. The number of benzene rings is 1. The van der Waals surface area contributed by atoms with Crippen LogP contribution in [0.2, 0.25) is 5.02 Å². The predicted molar refractivity (Wildman–Crippen MR) is 95.6 cm³/mol. The first-order valence-corrected chi connectivity index (χ1v) is 8.61. The lowest BCUT2D eigenvalue weighted by Crippen LogP contribution is -2.08. The van der Waals surface area contributed by atoms with Crippen LogP contribution in [0.1, 0.15) is 42.9 Å². The van der Waals surface area contributed by atoms with E-state index >= 15 is 0 Å². The zero-order valence-corrected chi connectivity index (χ0v) is 14.8. The van der Waals surface area contributed by atoms with Crippen molar-refractivity contribution in [3.05, 3.63) is 38.0 Å². The van der Waals surface area contributed by atoms with Crippen LogP contribution in [0.15, 0.2) is 18.2 Å². The van der Waals surface area contributed by atoms with Gasteiger partial charge in [0.05, 0.1) is 9.26 Å². The maximum Gasteiger partial charge on any atom is 0.162 e. The Balaban J connectivity index is 2.10. The van der Waals surface area contributed by atoms with Crippen LogP contribution in [-0.2, 0) is 0 Å². The number of aromatic nitrogens is 2. The number of hydrogen-bond acceptors (Lipinski definition) is 3. The molecule has 1 aromatic carbocycles. The molecule has 1 aliphatic rings. The number of nitrogens with two attached hydrogens (primary N) is 1. The lowest BCUT2D eigenvalue weighted by atomic mass is 10.0. The highest BCUT2D eigenvalue weighted by molar-refractivity contribution is 14.1. The van der Waals surface area contributed by atoms with Crippen LogP contribution in [-0.4, -0.2) is 9.97 Å². The summed E-state index contributed by atoms with van der Waals surface area (Å²) in [4.78, 5) is 9.32. The number of rotatable bonds is 2. The molecular weight excluding hydrogens is 397 g/mol. The summed E-state index contributed by atoms with van der Waals surface area (Å²) in [7, 11) is 0. The molecule has 2 N–H and O–H groups in total. The molecule has 1 heterocycles. The van der Waals surface area contributed by atoms with E-state index in [9.17, 15) is 0 Å². The van der Waals surface area contributed by atoms with Gasteiger partial charge in [0.25, 0.3) is 0 Å². The van der Waals surface area contributed by atoms with Crippen molar-refractivity contribution < 1.29 is 0 Å². The molecule has 0 bridgehead atoms. The maximum absolute atomic E-state index is 6.12. The van der Waals surface area contributed by atoms with Gasteiger partial charge in [-0.2, -0.15) is 0 Å². The molecule has 3 nitrogen and oxygen atoms in total. The number of anilines is 1. The van der Waals surface area contributed by atoms with Crippen LogP contribution in [0.25, 0.3) is 11.4 Å². The Morgan fingerprint density at radius 3 is 2.62 bits per heavy atom. The standard InChI is InChI=1S/C16H17ClIN3/c1-9-8-11(17)6-7-12(9)16-20-14(10-4-2-3-5-10)13(18)15(19)21-16/h6-8,10H,2-5H2,1H3,(H2,19,20,21). The molecule has 1 aromatic heterocycles. The van der Waals surface area contributed by atoms with Crippen LogP contribution in [0, 0.1) is 10.5 Å². The first-order chi connectivity index (χ1) is 10.1. The van der Waals surface area contributed by atoms with Gasteiger partial charge in [-0.25, -0.2) is 9.97 Å². The highest BCUT2D eigenvalue weighted by Gasteiger charge is 2.23. The van der Waals surface area contributed by atoms with E-state index in [0.717, 1.165) is 25.4 Å². The van der Waals surface area contributed by atoms with Crippen molar-refractivity contribution in [3.8, 4) is 11.4 Å². The predicted octanol–water partition coefficient (Wildman–Crippen LogP) is 4.95. The van der Waals surface area contributed by atoms with Crippen molar-refractivity contribution in [2.45, 2.75) is 38.5 Å². The third kappa shape index (κ3) is 3.01. The van der Waals surface area contributed by atoms with Crippen LogP contribution >= 0.6 is 34.2 Å². The van der Waals surface area contributed by atoms with Gasteiger partial charge in [-0.05, 0) is 66.1 Å². The van der Waals surface area contributed by atoms with Gasteiger partial charge < -0.3 is 5.73 Å². The van der Waals surface area contributed by atoms with Gasteiger partial charge >= 0.3 is 0 Å². The maximum atomic E-state index is 6.12. The van der Waals surface area contributed by atoms with Gasteiger partial charge in [0.2, 0.25) is 0 Å². The van der Waals surface area contributed by atoms with Crippen molar-refractivity contribution >= 4 is 40.0 Å². The largest absolute Gasteiger partial charge is 0.383 e. The average Bonchev–Trinajstić information content (AvgIpc) is 2.96. The van der Waals surface area contributed by atoms with Crippen molar-refractivity contribution in [2.75, 3.05) is 5.73 Å². The molecule has 0 aliphatic heterocycles. The molecule has 2 aromatic rings. The molecule has 0 unspecified atom stereocenters. The van der Waals surface area contributed by atoms with E-state index in [1.54, 1.807) is 0 Å². The third-order valence-corrected chi connectivity index (χ3v) is 5.41. The normalized spacial score (nSPS) is 15.6. The Kier molecular flexibility index (Phi) is 4.36. The van der Waals surface area contributed by atoms with Crippen LogP contribution in [0.4, 0.5) is 5.82 Å². The minimum absolute atomic E-state index is 0.522. The summed E-state index contributed by atoms with van der Waals surface area (Å²) >= 11 is 8.30. The molecule has 0 radical (unpaired) electrons. The number of aryl methyl sites for hydroxylation is 1. The van der Waals surface area contributed by atoms with Crippen molar-refractivity contribution in [2.24, 2.45) is 0 Å². The zero-order chi connectivity index (χ0) is 15.0. The van der Waals surface area contributed by atoms with E-state index in [2.05, 4.69) is 27.6 Å². The Morgan fingerprint density at radius 1 is 1.24 bits per heavy atom. The first-order valence-electron chi connectivity index (χ1n) is 7.15. The third-order valence-electron chi connectivity index (χ3n) is 4.07. The van der Waals surface area contributed by atoms with Crippen LogP contribution < -0.4 is 5.73 Å². The number of nitrogen functional groups attached to an aromatic ring is 1. The molecule has 0 atom stereocenters. The number of halogens is 2. The van der Waals surface area contributed by atoms with E-state index in [1.807, 2.05) is 25.1 Å². The minimum atomic E-state index is 0.522. The molecule has 3 rings (SSSR count). The van der Waals surface area contributed by atoms with Gasteiger partial charge in [-0.15, -0.1) is 0 Å². The van der Waals surface area contributed by atoms with Crippen LogP contribution in [0.5, 0.6) is 0 Å². The molecule has 5 heteroatoms. The summed E-state index contributed by atoms with van der Waals surface area (Å²) in [5.41, 5.74) is 9.31. The molecule has 0 saturated heterocycles. The highest BCUT2D eigenvalue weighted by Crippen LogP contribution is 2.37. The topological polar surface area (TPSA) is 51.8 Å². The average molecular weight is 414 g/mol. The molecule has 0 spiro atoms. The van der Waals surface area contributed by atoms with E-state index < -0.39 is 0 Å². The first kappa shape index (κ1) is 15.0. The number of nitrogens with zero attached hydrogens (tertiary/aromatic N) is 2. The van der Waals surface area contributed by atoms with Crippen molar-refractivity contribution in [1.29, 1.82) is 0 Å². The summed E-state index contributed by atoms with van der Waals surface area (Å²) in [5.74, 6) is 1.81. The Hall–Kier alpha value is -0.880. The smallest absolute Gasteiger partial charge is 0.162 e. The van der Waals surface area contributed by atoms with Crippen LogP contribution in [0.3, 0.4) is 0 Å². The quantitative estimate of drug-likeness (QED) is 0.709. The lowest BCUT2D eigenvalue weighted by molar-refractivity contribution is 0.691. The molecule has 0 amide bonds. The van der Waals surface area contributed by atoms with E-state index in [-0.39, 0.29) is 0 Å². The van der Waals surface area contributed by atoms with E-state index in [1.165, 1.54) is 25.7 Å². The lowest BCUT2D eigenvalue weighted by Gasteiger charge is -2.15. The monoisotopic (exact) mass is 413 g/mol. The van der Waals surface area contributed by atoms with E-state index in [4.69, 9.17) is 22.3 Å².